The van der Waals surface area contributed by atoms with Crippen molar-refractivity contribution in [3.63, 3.8) is 0 Å². The lowest BCUT2D eigenvalue weighted by Crippen LogP contribution is -2.56. The summed E-state index contributed by atoms with van der Waals surface area (Å²) < 4.78 is 0. The van der Waals surface area contributed by atoms with Crippen LogP contribution in [0.3, 0.4) is 0 Å². The molecular weight excluding hydrogens is 332 g/mol. The van der Waals surface area contributed by atoms with Gasteiger partial charge in [-0.3, -0.25) is 9.80 Å². The van der Waals surface area contributed by atoms with Gasteiger partial charge in [0.25, 0.3) is 0 Å². The second kappa shape index (κ2) is 7.46. The smallest absolute Gasteiger partial charge is 0.0682 e. The van der Waals surface area contributed by atoms with Crippen LogP contribution in [0.1, 0.15) is 17.5 Å². The highest BCUT2D eigenvalue weighted by atomic mass is 35.5. The zero-order valence-corrected chi connectivity index (χ0v) is 15.1. The summed E-state index contributed by atoms with van der Waals surface area (Å²) in [4.78, 5) is 5.04. The first-order chi connectivity index (χ1) is 12.2. The normalized spacial score (nSPS) is 27.4. The van der Waals surface area contributed by atoms with Crippen molar-refractivity contribution in [1.29, 1.82) is 0 Å². The molecule has 2 heterocycles. The van der Waals surface area contributed by atoms with Gasteiger partial charge in [0.05, 0.1) is 6.10 Å². The standard InChI is InChI=1S/C21H25ClN2O/c22-21-9-5-4-8-17(21)12-23-14-19-11-20(25)15-24(19)13-18(23)10-16-6-2-1-3-7-16/h1-9,18-20,25H,10-15H2/t18-,19+,20-/m1/s1. The number of piperazine rings is 1. The zero-order chi connectivity index (χ0) is 17.2. The highest BCUT2D eigenvalue weighted by Crippen LogP contribution is 2.29. The molecule has 2 aliphatic heterocycles. The average Bonchev–Trinajstić information content (AvgIpc) is 2.97. The second-order valence-corrected chi connectivity index (χ2v) is 7.77. The van der Waals surface area contributed by atoms with Gasteiger partial charge in [0.1, 0.15) is 0 Å². The number of aliphatic hydroxyl groups is 1. The Morgan fingerprint density at radius 1 is 0.960 bits per heavy atom. The molecule has 3 atom stereocenters. The van der Waals surface area contributed by atoms with Crippen LogP contribution in [-0.2, 0) is 13.0 Å². The summed E-state index contributed by atoms with van der Waals surface area (Å²) in [6, 6.07) is 19.7. The molecule has 0 unspecified atom stereocenters. The molecule has 4 heteroatoms. The first kappa shape index (κ1) is 17.0. The van der Waals surface area contributed by atoms with E-state index in [0.29, 0.717) is 12.1 Å². The summed E-state index contributed by atoms with van der Waals surface area (Å²) in [6.45, 7) is 3.70. The number of rotatable bonds is 4. The van der Waals surface area contributed by atoms with Crippen LogP contribution in [0, 0.1) is 0 Å². The first-order valence-electron chi connectivity index (χ1n) is 9.12. The number of benzene rings is 2. The molecule has 132 valence electrons. The maximum Gasteiger partial charge on any atom is 0.0682 e. The Labute approximate surface area is 154 Å². The van der Waals surface area contributed by atoms with Crippen LogP contribution in [0.25, 0.3) is 0 Å². The second-order valence-electron chi connectivity index (χ2n) is 7.36. The molecule has 0 spiro atoms. The quantitative estimate of drug-likeness (QED) is 0.911. The third-order valence-electron chi connectivity index (χ3n) is 5.56. The van der Waals surface area contributed by atoms with Crippen molar-refractivity contribution in [2.75, 3.05) is 19.6 Å². The van der Waals surface area contributed by atoms with Gasteiger partial charge in [0, 0.05) is 43.3 Å². The summed E-state index contributed by atoms with van der Waals surface area (Å²) >= 11 is 6.41. The number of fused-ring (bicyclic) bond motifs is 1. The molecule has 0 amide bonds. The number of hydrogen-bond donors (Lipinski definition) is 1. The van der Waals surface area contributed by atoms with Crippen molar-refractivity contribution in [1.82, 2.24) is 9.80 Å². The van der Waals surface area contributed by atoms with Crippen molar-refractivity contribution in [2.24, 2.45) is 0 Å². The molecule has 0 saturated carbocycles. The van der Waals surface area contributed by atoms with Crippen LogP contribution in [0.2, 0.25) is 5.02 Å². The van der Waals surface area contributed by atoms with Crippen molar-refractivity contribution >= 4 is 11.6 Å². The topological polar surface area (TPSA) is 26.7 Å². The lowest BCUT2D eigenvalue weighted by Gasteiger charge is -2.44. The molecule has 25 heavy (non-hydrogen) atoms. The number of aliphatic hydroxyl groups excluding tert-OH is 1. The van der Waals surface area contributed by atoms with E-state index in [2.05, 4.69) is 52.3 Å². The molecule has 4 rings (SSSR count). The van der Waals surface area contributed by atoms with Gasteiger partial charge in [-0.2, -0.15) is 0 Å². The van der Waals surface area contributed by atoms with Crippen molar-refractivity contribution < 1.29 is 5.11 Å². The molecule has 1 N–H and O–H groups in total. The molecule has 2 saturated heterocycles. The van der Waals surface area contributed by atoms with Crippen molar-refractivity contribution in [3.8, 4) is 0 Å². The summed E-state index contributed by atoms with van der Waals surface area (Å²) in [6.07, 6.45) is 1.74. The van der Waals surface area contributed by atoms with E-state index in [1.165, 1.54) is 11.1 Å². The maximum atomic E-state index is 10.1. The number of nitrogens with zero attached hydrogens (tertiary/aromatic N) is 2. The largest absolute Gasteiger partial charge is 0.392 e. The minimum atomic E-state index is -0.178. The van der Waals surface area contributed by atoms with E-state index in [1.54, 1.807) is 0 Å². The Bertz CT molecular complexity index is 708. The fourth-order valence-corrected chi connectivity index (χ4v) is 4.49. The highest BCUT2D eigenvalue weighted by Gasteiger charge is 2.39. The SMILES string of the molecule is O[C@@H]1C[C@H]2CN(Cc3ccccc3Cl)[C@H](Cc3ccccc3)CN2C1. The third kappa shape index (κ3) is 3.90. The highest BCUT2D eigenvalue weighted by molar-refractivity contribution is 6.31. The Hall–Kier alpha value is -1.39. The Balaban J connectivity index is 1.55. The third-order valence-corrected chi connectivity index (χ3v) is 5.93. The van der Waals surface area contributed by atoms with Gasteiger partial charge in [-0.15, -0.1) is 0 Å². The maximum absolute atomic E-state index is 10.1. The molecule has 0 aliphatic carbocycles. The van der Waals surface area contributed by atoms with Gasteiger partial charge in [-0.05, 0) is 30.0 Å². The van der Waals surface area contributed by atoms with Crippen molar-refractivity contribution in [2.45, 2.75) is 37.6 Å². The van der Waals surface area contributed by atoms with Crippen LogP contribution < -0.4 is 0 Å². The molecule has 0 bridgehead atoms. The predicted octanol–water partition coefficient (Wildman–Crippen LogP) is 3.20. The molecule has 0 aromatic heterocycles. The molecular formula is C21H25ClN2O. The minimum absolute atomic E-state index is 0.178. The van der Waals surface area contributed by atoms with E-state index in [-0.39, 0.29) is 6.10 Å². The van der Waals surface area contributed by atoms with Gasteiger partial charge in [-0.1, -0.05) is 60.1 Å². The van der Waals surface area contributed by atoms with Gasteiger partial charge >= 0.3 is 0 Å². The van der Waals surface area contributed by atoms with Crippen LogP contribution in [0.4, 0.5) is 0 Å². The Morgan fingerprint density at radius 2 is 1.72 bits per heavy atom. The fourth-order valence-electron chi connectivity index (χ4n) is 4.30. The van der Waals surface area contributed by atoms with Gasteiger partial charge in [-0.25, -0.2) is 0 Å². The van der Waals surface area contributed by atoms with E-state index in [0.717, 1.165) is 44.0 Å². The molecule has 2 aromatic carbocycles. The van der Waals surface area contributed by atoms with Crippen LogP contribution in [0.15, 0.2) is 54.6 Å². The van der Waals surface area contributed by atoms with Crippen LogP contribution >= 0.6 is 11.6 Å². The van der Waals surface area contributed by atoms with Crippen LogP contribution in [-0.4, -0.2) is 52.7 Å². The molecule has 0 radical (unpaired) electrons. The summed E-state index contributed by atoms with van der Waals surface area (Å²) in [5.41, 5.74) is 2.56. The molecule has 2 aliphatic rings. The lowest BCUT2D eigenvalue weighted by molar-refractivity contribution is 0.0445. The first-order valence-corrected chi connectivity index (χ1v) is 9.50. The summed E-state index contributed by atoms with van der Waals surface area (Å²) in [5.74, 6) is 0. The molecule has 2 aromatic rings. The van der Waals surface area contributed by atoms with E-state index in [4.69, 9.17) is 11.6 Å². The minimum Gasteiger partial charge on any atom is -0.392 e. The van der Waals surface area contributed by atoms with E-state index >= 15 is 0 Å². The van der Waals surface area contributed by atoms with Gasteiger partial charge < -0.3 is 5.11 Å². The molecule has 3 nitrogen and oxygen atoms in total. The average molecular weight is 357 g/mol. The fraction of sp³-hybridized carbons (Fsp3) is 0.429. The van der Waals surface area contributed by atoms with Gasteiger partial charge in [0.2, 0.25) is 0 Å². The van der Waals surface area contributed by atoms with E-state index in [9.17, 15) is 5.11 Å². The molecule has 2 fully saturated rings. The van der Waals surface area contributed by atoms with Crippen LogP contribution in [0.5, 0.6) is 0 Å². The number of halogens is 1. The Kier molecular flexibility index (Phi) is 5.09. The van der Waals surface area contributed by atoms with E-state index in [1.807, 2.05) is 12.1 Å². The number of hydrogen-bond acceptors (Lipinski definition) is 3. The van der Waals surface area contributed by atoms with Crippen molar-refractivity contribution in [3.05, 3.63) is 70.7 Å². The predicted molar refractivity (Wildman–Crippen MR) is 102 cm³/mol. The Morgan fingerprint density at radius 3 is 2.52 bits per heavy atom. The summed E-state index contributed by atoms with van der Waals surface area (Å²) in [7, 11) is 0. The van der Waals surface area contributed by atoms with E-state index < -0.39 is 0 Å². The summed E-state index contributed by atoms with van der Waals surface area (Å²) in [5, 5.41) is 10.9. The monoisotopic (exact) mass is 356 g/mol. The van der Waals surface area contributed by atoms with Gasteiger partial charge in [0.15, 0.2) is 0 Å². The zero-order valence-electron chi connectivity index (χ0n) is 14.4. The lowest BCUT2D eigenvalue weighted by atomic mass is 9.99.